The average Bonchev–Trinajstić information content (AvgIpc) is 3.09. The molecule has 0 radical (unpaired) electrons. The third kappa shape index (κ3) is 2.21. The van der Waals surface area contributed by atoms with Crippen LogP contribution in [0, 0.1) is 6.92 Å². The highest BCUT2D eigenvalue weighted by atomic mass is 127. The largest absolute Gasteiger partial charge is 0.360 e. The molecule has 3 heterocycles. The summed E-state index contributed by atoms with van der Waals surface area (Å²) in [6.07, 6.45) is 3.97. The summed E-state index contributed by atoms with van der Waals surface area (Å²) in [6, 6.07) is 8.36. The van der Waals surface area contributed by atoms with Gasteiger partial charge in [-0.15, -0.1) is 0 Å². The Kier molecular flexibility index (Phi) is 3.54. The fraction of sp³-hybridized carbons (Fsp3) is 0.0667. The normalized spacial score (nSPS) is 11.6. The molecule has 0 saturated carbocycles. The third-order valence-electron chi connectivity index (χ3n) is 3.65. The minimum absolute atomic E-state index is 0.259. The van der Waals surface area contributed by atoms with Crippen molar-refractivity contribution >= 4 is 63.9 Å². The van der Waals surface area contributed by atoms with E-state index in [1.807, 2.05) is 22.4 Å². The lowest BCUT2D eigenvalue weighted by molar-refractivity contribution is 1.18. The number of rotatable bonds is 2. The highest BCUT2D eigenvalue weighted by Gasteiger charge is 2.15. The van der Waals surface area contributed by atoms with Crippen LogP contribution >= 0.6 is 41.9 Å². The number of hydrogen-bond acceptors (Lipinski definition) is 3. The fourth-order valence-corrected chi connectivity index (χ4v) is 4.09. The molecule has 22 heavy (non-hydrogen) atoms. The van der Waals surface area contributed by atoms with Gasteiger partial charge in [0.05, 0.1) is 5.69 Å². The fourth-order valence-electron chi connectivity index (χ4n) is 2.66. The van der Waals surface area contributed by atoms with Crippen LogP contribution in [0.3, 0.4) is 0 Å². The van der Waals surface area contributed by atoms with Crippen molar-refractivity contribution in [2.24, 2.45) is 0 Å². The highest BCUT2D eigenvalue weighted by Crippen LogP contribution is 2.35. The maximum atomic E-state index is 6.15. The molecular weight excluding hydrogens is 431 g/mol. The summed E-state index contributed by atoms with van der Waals surface area (Å²) in [5.41, 5.74) is 5.04. The van der Waals surface area contributed by atoms with E-state index in [9.17, 15) is 0 Å². The van der Waals surface area contributed by atoms with E-state index in [2.05, 4.69) is 61.3 Å². The number of aryl methyl sites for hydroxylation is 1. The molecule has 0 aliphatic heterocycles. The Hall–Kier alpha value is -1.25. The third-order valence-corrected chi connectivity index (χ3v) is 5.54. The maximum absolute atomic E-state index is 6.15. The Morgan fingerprint density at radius 3 is 2.91 bits per heavy atom. The Morgan fingerprint density at radius 2 is 2.09 bits per heavy atom. The summed E-state index contributed by atoms with van der Waals surface area (Å²) < 4.78 is 1.98. The van der Waals surface area contributed by atoms with Crippen LogP contribution in [-0.4, -0.2) is 18.9 Å². The Morgan fingerprint density at radius 1 is 1.23 bits per heavy atom. The molecule has 0 atom stereocenters. The SMILES string of the molecule is Cc1ccc2[nH]cc(-c3nc(Cl)nc4c3ccn4SI)c2c1. The molecule has 0 bridgehead atoms. The van der Waals surface area contributed by atoms with Crippen molar-refractivity contribution in [3.63, 3.8) is 0 Å². The zero-order chi connectivity index (χ0) is 15.3. The molecule has 0 spiro atoms. The Labute approximate surface area is 148 Å². The summed E-state index contributed by atoms with van der Waals surface area (Å²) in [7, 11) is 1.56. The van der Waals surface area contributed by atoms with Crippen LogP contribution in [0.15, 0.2) is 36.7 Å². The van der Waals surface area contributed by atoms with E-state index in [4.69, 9.17) is 11.6 Å². The van der Waals surface area contributed by atoms with E-state index in [0.29, 0.717) is 0 Å². The van der Waals surface area contributed by atoms with Crippen LogP contribution in [-0.2, 0) is 0 Å². The summed E-state index contributed by atoms with van der Waals surface area (Å²) in [6.45, 7) is 2.09. The van der Waals surface area contributed by atoms with E-state index in [1.54, 1.807) is 9.12 Å². The minimum Gasteiger partial charge on any atom is -0.360 e. The predicted molar refractivity (Wildman–Crippen MR) is 102 cm³/mol. The minimum atomic E-state index is 0.259. The molecule has 0 aliphatic rings. The predicted octanol–water partition coefficient (Wildman–Crippen LogP) is 5.39. The smallest absolute Gasteiger partial charge is 0.224 e. The van der Waals surface area contributed by atoms with Crippen molar-refractivity contribution < 1.29 is 0 Å². The number of aromatic nitrogens is 4. The van der Waals surface area contributed by atoms with Crippen molar-refractivity contribution in [1.82, 2.24) is 18.9 Å². The second-order valence-electron chi connectivity index (χ2n) is 5.04. The van der Waals surface area contributed by atoms with Gasteiger partial charge in [-0.25, -0.2) is 4.98 Å². The van der Waals surface area contributed by atoms with E-state index in [-0.39, 0.29) is 5.28 Å². The van der Waals surface area contributed by atoms with Gasteiger partial charge in [0, 0.05) is 64.6 Å². The van der Waals surface area contributed by atoms with Gasteiger partial charge in [0.2, 0.25) is 5.28 Å². The van der Waals surface area contributed by atoms with Gasteiger partial charge in [-0.05, 0) is 36.7 Å². The molecule has 7 heteroatoms. The first-order valence-electron chi connectivity index (χ1n) is 6.59. The van der Waals surface area contributed by atoms with Crippen molar-refractivity contribution in [3.8, 4) is 11.3 Å². The molecule has 110 valence electrons. The molecule has 0 saturated heterocycles. The molecule has 1 aromatic carbocycles. The summed E-state index contributed by atoms with van der Waals surface area (Å²) in [5.74, 6) is 0. The molecule has 0 fully saturated rings. The van der Waals surface area contributed by atoms with Crippen molar-refractivity contribution in [3.05, 3.63) is 47.5 Å². The van der Waals surface area contributed by atoms with E-state index in [0.717, 1.165) is 33.2 Å². The standard InChI is InChI=1S/C15H10ClIN4S/c1-8-2-3-12-10(6-8)11(7-18-12)13-9-4-5-21(22-17)14(9)20-15(16)19-13/h2-7,18H,1H3. The van der Waals surface area contributed by atoms with Gasteiger partial charge >= 0.3 is 0 Å². The number of nitrogens with one attached hydrogen (secondary N) is 1. The first kappa shape index (κ1) is 14.3. The Balaban J connectivity index is 2.07. The number of benzene rings is 1. The topological polar surface area (TPSA) is 46.5 Å². The maximum Gasteiger partial charge on any atom is 0.224 e. The van der Waals surface area contributed by atoms with Crippen LogP contribution in [0.1, 0.15) is 5.56 Å². The first-order valence-corrected chi connectivity index (χ1v) is 10.3. The number of aromatic amines is 1. The van der Waals surface area contributed by atoms with E-state index in [1.165, 1.54) is 5.56 Å². The van der Waals surface area contributed by atoms with Crippen molar-refractivity contribution in [1.29, 1.82) is 0 Å². The Bertz CT molecular complexity index is 1010. The van der Waals surface area contributed by atoms with E-state index < -0.39 is 0 Å². The monoisotopic (exact) mass is 440 g/mol. The first-order chi connectivity index (χ1) is 10.7. The molecule has 1 N–H and O–H groups in total. The van der Waals surface area contributed by atoms with Gasteiger partial charge in [0.15, 0.2) is 5.65 Å². The number of nitrogens with zero attached hydrogens (tertiary/aromatic N) is 3. The van der Waals surface area contributed by atoms with Crippen LogP contribution in [0.5, 0.6) is 0 Å². The number of hydrogen-bond donors (Lipinski definition) is 1. The van der Waals surface area contributed by atoms with Gasteiger partial charge < -0.3 is 4.98 Å². The second kappa shape index (κ2) is 5.43. The average molecular weight is 441 g/mol. The quantitative estimate of drug-likeness (QED) is 0.336. The van der Waals surface area contributed by atoms with Crippen LogP contribution in [0.25, 0.3) is 33.2 Å². The summed E-state index contributed by atoms with van der Waals surface area (Å²) in [4.78, 5) is 12.1. The molecule has 0 amide bonds. The van der Waals surface area contributed by atoms with Crippen LogP contribution in [0.4, 0.5) is 0 Å². The van der Waals surface area contributed by atoms with Crippen molar-refractivity contribution in [2.45, 2.75) is 6.92 Å². The molecule has 4 nitrogen and oxygen atoms in total. The molecule has 0 aliphatic carbocycles. The lowest BCUT2D eigenvalue weighted by atomic mass is 10.1. The molecule has 4 rings (SSSR count). The summed E-state index contributed by atoms with van der Waals surface area (Å²) >= 11 is 8.38. The summed E-state index contributed by atoms with van der Waals surface area (Å²) in [5, 5.41) is 2.40. The molecule has 0 unspecified atom stereocenters. The lowest BCUT2D eigenvalue weighted by Gasteiger charge is -2.04. The van der Waals surface area contributed by atoms with Crippen LogP contribution in [0.2, 0.25) is 5.28 Å². The zero-order valence-corrected chi connectivity index (χ0v) is 15.2. The zero-order valence-electron chi connectivity index (χ0n) is 11.5. The molecular formula is C15H10ClIN4S. The second-order valence-corrected chi connectivity index (χ2v) is 7.09. The van der Waals surface area contributed by atoms with Crippen LogP contribution < -0.4 is 0 Å². The van der Waals surface area contributed by atoms with Gasteiger partial charge in [-0.2, -0.15) is 4.98 Å². The molecule has 4 aromatic rings. The number of halogens is 2. The van der Waals surface area contributed by atoms with Gasteiger partial charge in [-0.1, -0.05) is 11.6 Å². The van der Waals surface area contributed by atoms with Gasteiger partial charge in [-0.3, -0.25) is 3.97 Å². The highest BCUT2D eigenvalue weighted by molar-refractivity contribution is 14.2. The van der Waals surface area contributed by atoms with Gasteiger partial charge in [0.1, 0.15) is 0 Å². The van der Waals surface area contributed by atoms with Gasteiger partial charge in [0.25, 0.3) is 0 Å². The van der Waals surface area contributed by atoms with E-state index >= 15 is 0 Å². The molecule has 3 aromatic heterocycles. The number of fused-ring (bicyclic) bond motifs is 2. The van der Waals surface area contributed by atoms with Crippen molar-refractivity contribution in [2.75, 3.05) is 0 Å². The lowest BCUT2D eigenvalue weighted by Crippen LogP contribution is -1.91. The number of H-pyrrole nitrogens is 1.